The van der Waals surface area contributed by atoms with Gasteiger partial charge in [-0.1, -0.05) is 29.8 Å². The molecule has 7 nitrogen and oxygen atoms in total. The maximum atomic E-state index is 13.4. The second kappa shape index (κ2) is 8.61. The fraction of sp³-hybridized carbons (Fsp3) is 0.333. The van der Waals surface area contributed by atoms with Crippen molar-refractivity contribution in [2.75, 3.05) is 18.8 Å². The van der Waals surface area contributed by atoms with E-state index in [0.717, 1.165) is 26.8 Å². The molecule has 0 spiro atoms. The number of amides is 2. The van der Waals surface area contributed by atoms with Gasteiger partial charge in [0.15, 0.2) is 6.39 Å². The molecule has 0 aliphatic carbocycles. The van der Waals surface area contributed by atoms with Gasteiger partial charge in [0.1, 0.15) is 5.69 Å². The van der Waals surface area contributed by atoms with Gasteiger partial charge in [-0.25, -0.2) is 9.97 Å². The Hall–Kier alpha value is -2.65. The zero-order chi connectivity index (χ0) is 21.3. The van der Waals surface area contributed by atoms with E-state index in [1.54, 1.807) is 23.6 Å². The average Bonchev–Trinajstić information content (AvgIpc) is 3.45. The fourth-order valence-corrected chi connectivity index (χ4v) is 5.46. The molecule has 1 N–H and O–H groups in total. The van der Waals surface area contributed by atoms with Crippen LogP contribution in [-0.4, -0.2) is 50.9 Å². The quantitative estimate of drug-likeness (QED) is 0.649. The van der Waals surface area contributed by atoms with E-state index >= 15 is 0 Å². The number of aromatic nitrogens is 2. The molecular weight excluding hydrogens is 420 g/mol. The van der Waals surface area contributed by atoms with Crippen molar-refractivity contribution in [2.24, 2.45) is 0 Å². The molecule has 1 aromatic carbocycles. The fourth-order valence-electron chi connectivity index (χ4n) is 3.39. The summed E-state index contributed by atoms with van der Waals surface area (Å²) in [6, 6.07) is 8.10. The third-order valence-electron chi connectivity index (χ3n) is 4.86. The summed E-state index contributed by atoms with van der Waals surface area (Å²) in [5.74, 6) is 0.592. The van der Waals surface area contributed by atoms with Crippen LogP contribution in [0.1, 0.15) is 37.3 Å². The van der Waals surface area contributed by atoms with Gasteiger partial charge in [0.2, 0.25) is 5.76 Å². The summed E-state index contributed by atoms with van der Waals surface area (Å²) < 4.78 is 5.14. The molecule has 9 heteroatoms. The highest BCUT2D eigenvalue weighted by atomic mass is 32.2. The van der Waals surface area contributed by atoms with Crippen LogP contribution in [0.3, 0.4) is 0 Å². The zero-order valence-electron chi connectivity index (χ0n) is 17.0. The number of hydrogen-bond donors (Lipinski definition) is 1. The van der Waals surface area contributed by atoms with Crippen molar-refractivity contribution in [3.05, 3.63) is 58.4 Å². The summed E-state index contributed by atoms with van der Waals surface area (Å²) in [7, 11) is 0. The normalized spacial score (nSPS) is 16.1. The number of rotatable bonds is 5. The third-order valence-corrected chi connectivity index (χ3v) is 7.10. The van der Waals surface area contributed by atoms with Crippen LogP contribution in [-0.2, 0) is 0 Å². The molecule has 0 saturated carbocycles. The summed E-state index contributed by atoms with van der Waals surface area (Å²) in [5.41, 5.74) is 3.16. The molecule has 0 bridgehead atoms. The number of thiazole rings is 1. The Labute approximate surface area is 182 Å². The number of oxazole rings is 1. The molecule has 2 amide bonds. The predicted molar refractivity (Wildman–Crippen MR) is 118 cm³/mol. The largest absolute Gasteiger partial charge is 0.438 e. The Morgan fingerprint density at radius 2 is 2.13 bits per heavy atom. The molecule has 1 fully saturated rings. The summed E-state index contributed by atoms with van der Waals surface area (Å²) in [6.07, 6.45) is 1.25. The molecule has 156 valence electrons. The van der Waals surface area contributed by atoms with E-state index in [1.165, 1.54) is 17.7 Å². The number of carbonyl (C=O) groups is 2. The van der Waals surface area contributed by atoms with Crippen molar-refractivity contribution in [1.29, 1.82) is 0 Å². The minimum absolute atomic E-state index is 0.101. The van der Waals surface area contributed by atoms with Crippen LogP contribution in [0.2, 0.25) is 0 Å². The van der Waals surface area contributed by atoms with Crippen LogP contribution in [0.5, 0.6) is 0 Å². The maximum Gasteiger partial charge on any atom is 0.289 e. The van der Waals surface area contributed by atoms with E-state index in [-0.39, 0.29) is 22.9 Å². The summed E-state index contributed by atoms with van der Waals surface area (Å²) in [5, 5.41) is 3.56. The summed E-state index contributed by atoms with van der Waals surface area (Å²) in [6.45, 7) is 6.62. The molecule has 1 aliphatic heterocycles. The molecule has 1 atom stereocenters. The van der Waals surface area contributed by atoms with Crippen LogP contribution in [0.4, 0.5) is 0 Å². The van der Waals surface area contributed by atoms with Crippen molar-refractivity contribution in [3.63, 3.8) is 0 Å². The molecule has 0 radical (unpaired) electrons. The van der Waals surface area contributed by atoms with Gasteiger partial charge in [0, 0.05) is 18.8 Å². The van der Waals surface area contributed by atoms with Crippen LogP contribution in [0, 0.1) is 20.8 Å². The van der Waals surface area contributed by atoms with Crippen molar-refractivity contribution in [1.82, 2.24) is 20.2 Å². The highest BCUT2D eigenvalue weighted by Gasteiger charge is 2.33. The van der Waals surface area contributed by atoms with Gasteiger partial charge in [0.25, 0.3) is 11.8 Å². The van der Waals surface area contributed by atoms with Crippen LogP contribution in [0.15, 0.2) is 35.1 Å². The summed E-state index contributed by atoms with van der Waals surface area (Å²) >= 11 is 3.18. The van der Waals surface area contributed by atoms with Crippen molar-refractivity contribution in [2.45, 2.75) is 26.1 Å². The van der Waals surface area contributed by atoms with E-state index in [9.17, 15) is 9.59 Å². The molecule has 4 rings (SSSR count). The minimum atomic E-state index is -0.324. The third kappa shape index (κ3) is 4.13. The highest BCUT2D eigenvalue weighted by Crippen LogP contribution is 2.33. The highest BCUT2D eigenvalue weighted by molar-refractivity contribution is 8.00. The van der Waals surface area contributed by atoms with Gasteiger partial charge in [0.05, 0.1) is 21.0 Å². The SMILES string of the molecule is Cc1cccc(-c2sc(C)nc2C(=O)N2CCSC2CNC(=O)c2ocnc2C)c1. The lowest BCUT2D eigenvalue weighted by Gasteiger charge is -2.23. The maximum absolute atomic E-state index is 13.4. The second-order valence-electron chi connectivity index (χ2n) is 7.08. The molecular formula is C21H22N4O3S2. The van der Waals surface area contributed by atoms with Crippen molar-refractivity contribution >= 4 is 34.9 Å². The van der Waals surface area contributed by atoms with E-state index in [4.69, 9.17) is 4.42 Å². The lowest BCUT2D eigenvalue weighted by molar-refractivity contribution is 0.0745. The van der Waals surface area contributed by atoms with Gasteiger partial charge in [-0.15, -0.1) is 23.1 Å². The molecule has 1 aliphatic rings. The first-order valence-corrected chi connectivity index (χ1v) is 11.5. The molecule has 1 unspecified atom stereocenters. The Balaban J connectivity index is 1.52. The zero-order valence-corrected chi connectivity index (χ0v) is 18.6. The van der Waals surface area contributed by atoms with Gasteiger partial charge in [-0.2, -0.15) is 0 Å². The van der Waals surface area contributed by atoms with E-state index in [2.05, 4.69) is 21.4 Å². The molecule has 30 heavy (non-hydrogen) atoms. The number of benzene rings is 1. The van der Waals surface area contributed by atoms with Gasteiger partial charge < -0.3 is 14.6 Å². The number of thioether (sulfide) groups is 1. The molecule has 2 aromatic heterocycles. The average molecular weight is 443 g/mol. The first-order valence-electron chi connectivity index (χ1n) is 9.59. The van der Waals surface area contributed by atoms with Crippen LogP contribution < -0.4 is 5.32 Å². The van der Waals surface area contributed by atoms with Crippen LogP contribution in [0.25, 0.3) is 10.4 Å². The Morgan fingerprint density at radius 3 is 2.87 bits per heavy atom. The lowest BCUT2D eigenvalue weighted by Crippen LogP contribution is -2.42. The number of carbonyl (C=O) groups excluding carboxylic acids is 2. The smallest absolute Gasteiger partial charge is 0.289 e. The minimum Gasteiger partial charge on any atom is -0.438 e. The van der Waals surface area contributed by atoms with E-state index in [0.29, 0.717) is 24.5 Å². The molecule has 3 heterocycles. The Morgan fingerprint density at radius 1 is 1.30 bits per heavy atom. The van der Waals surface area contributed by atoms with Gasteiger partial charge >= 0.3 is 0 Å². The topological polar surface area (TPSA) is 88.3 Å². The Bertz CT molecular complexity index is 1090. The number of aryl methyl sites for hydroxylation is 3. The Kier molecular flexibility index (Phi) is 5.92. The molecule has 3 aromatic rings. The van der Waals surface area contributed by atoms with Crippen molar-refractivity contribution < 1.29 is 14.0 Å². The molecule has 1 saturated heterocycles. The van der Waals surface area contributed by atoms with Gasteiger partial charge in [-0.05, 0) is 26.3 Å². The van der Waals surface area contributed by atoms with E-state index < -0.39 is 0 Å². The lowest BCUT2D eigenvalue weighted by atomic mass is 10.1. The standard InChI is InChI=1S/C21H22N4O3S2/c1-12-5-4-6-15(9-12)19-17(24-14(3)30-19)21(27)25-7-8-29-16(25)10-22-20(26)18-13(2)23-11-28-18/h4-6,9,11,16H,7-8,10H2,1-3H3,(H,22,26). The summed E-state index contributed by atoms with van der Waals surface area (Å²) in [4.78, 5) is 36.9. The van der Waals surface area contributed by atoms with Crippen LogP contribution >= 0.6 is 23.1 Å². The predicted octanol–water partition coefficient (Wildman–Crippen LogP) is 3.67. The second-order valence-corrected chi connectivity index (χ2v) is 9.57. The number of hydrogen-bond acceptors (Lipinski definition) is 7. The van der Waals surface area contributed by atoms with E-state index in [1.807, 2.05) is 32.0 Å². The monoisotopic (exact) mass is 442 g/mol. The first-order chi connectivity index (χ1) is 14.4. The van der Waals surface area contributed by atoms with Gasteiger partial charge in [-0.3, -0.25) is 9.59 Å². The first kappa shape index (κ1) is 20.6. The number of nitrogens with zero attached hydrogens (tertiary/aromatic N) is 3. The number of nitrogens with one attached hydrogen (secondary N) is 1. The van der Waals surface area contributed by atoms with Crippen molar-refractivity contribution in [3.8, 4) is 10.4 Å².